The van der Waals surface area contributed by atoms with Crippen LogP contribution in [0.15, 0.2) is 28.9 Å². The van der Waals surface area contributed by atoms with Crippen molar-refractivity contribution in [2.24, 2.45) is 7.05 Å². The molecule has 0 atom stereocenters. The maximum absolute atomic E-state index is 5.95. The van der Waals surface area contributed by atoms with Crippen molar-refractivity contribution in [2.45, 2.75) is 10.2 Å². The number of halogens is 1. The molecule has 0 saturated carbocycles. The Labute approximate surface area is 95.7 Å². The highest BCUT2D eigenvalue weighted by Crippen LogP contribution is 2.31. The van der Waals surface area contributed by atoms with Gasteiger partial charge in [0, 0.05) is 19.4 Å². The first kappa shape index (κ1) is 10.3. The quantitative estimate of drug-likeness (QED) is 0.809. The van der Waals surface area contributed by atoms with Crippen LogP contribution >= 0.6 is 23.4 Å². The van der Waals surface area contributed by atoms with Gasteiger partial charge in [-0.05, 0) is 11.8 Å². The van der Waals surface area contributed by atoms with Crippen molar-refractivity contribution in [1.82, 2.24) is 19.5 Å². The lowest BCUT2D eigenvalue weighted by Gasteiger charge is -2.03. The van der Waals surface area contributed by atoms with Gasteiger partial charge in [-0.15, -0.1) is 0 Å². The molecular formula is C8H8ClN5S. The van der Waals surface area contributed by atoms with Gasteiger partial charge in [0.15, 0.2) is 5.16 Å². The fraction of sp³-hybridized carbons (Fsp3) is 0.125. The lowest BCUT2D eigenvalue weighted by atomic mass is 10.6. The fourth-order valence-corrected chi connectivity index (χ4v) is 1.97. The van der Waals surface area contributed by atoms with Crippen molar-refractivity contribution < 1.29 is 0 Å². The van der Waals surface area contributed by atoms with Gasteiger partial charge in [0.25, 0.3) is 0 Å². The minimum Gasteiger partial charge on any atom is -0.382 e. The summed E-state index contributed by atoms with van der Waals surface area (Å²) < 4.78 is 1.87. The zero-order valence-corrected chi connectivity index (χ0v) is 9.46. The van der Waals surface area contributed by atoms with Crippen molar-refractivity contribution in [3.63, 3.8) is 0 Å². The van der Waals surface area contributed by atoms with Gasteiger partial charge in [0.05, 0.1) is 0 Å². The zero-order chi connectivity index (χ0) is 10.8. The molecule has 2 N–H and O–H groups in total. The number of anilines is 1. The first-order chi connectivity index (χ1) is 7.18. The highest BCUT2D eigenvalue weighted by Gasteiger charge is 2.10. The summed E-state index contributed by atoms with van der Waals surface area (Å²) >= 11 is 7.31. The van der Waals surface area contributed by atoms with Gasteiger partial charge in [0.2, 0.25) is 0 Å². The molecule has 0 aliphatic rings. The molecule has 2 aromatic rings. The number of aryl methyl sites for hydroxylation is 1. The van der Waals surface area contributed by atoms with Crippen LogP contribution in [0.25, 0.3) is 0 Å². The number of hydrogen-bond donors (Lipinski definition) is 1. The average Bonchev–Trinajstić information content (AvgIpc) is 2.60. The molecular weight excluding hydrogens is 234 g/mol. The van der Waals surface area contributed by atoms with Gasteiger partial charge in [-0.2, -0.15) is 0 Å². The van der Waals surface area contributed by atoms with Crippen LogP contribution in [0, 0.1) is 0 Å². The molecule has 0 fully saturated rings. The molecule has 78 valence electrons. The Hall–Kier alpha value is -1.27. The standard InChI is InChI=1S/C8H8ClN5S/c1-14-3-2-11-8(14)15-7-5(9)6(10)12-4-13-7/h2-4H,1H3,(H2,10,12,13). The lowest BCUT2D eigenvalue weighted by molar-refractivity contribution is 0.788. The van der Waals surface area contributed by atoms with Crippen molar-refractivity contribution in [3.05, 3.63) is 23.7 Å². The third-order valence-electron chi connectivity index (χ3n) is 1.75. The molecule has 0 bridgehead atoms. The van der Waals surface area contributed by atoms with E-state index in [0.29, 0.717) is 10.0 Å². The third kappa shape index (κ3) is 2.05. The van der Waals surface area contributed by atoms with E-state index in [9.17, 15) is 0 Å². The fourth-order valence-electron chi connectivity index (χ4n) is 0.974. The Morgan fingerprint density at radius 2 is 2.20 bits per heavy atom. The summed E-state index contributed by atoms with van der Waals surface area (Å²) in [6.45, 7) is 0. The molecule has 0 aliphatic heterocycles. The van der Waals surface area contributed by atoms with Crippen LogP contribution in [0.1, 0.15) is 0 Å². The molecule has 0 amide bonds. The first-order valence-electron chi connectivity index (χ1n) is 4.09. The topological polar surface area (TPSA) is 69.6 Å². The molecule has 0 aliphatic carbocycles. The maximum Gasteiger partial charge on any atom is 0.174 e. The summed E-state index contributed by atoms with van der Waals surface area (Å²) in [7, 11) is 1.90. The zero-order valence-electron chi connectivity index (χ0n) is 7.88. The maximum atomic E-state index is 5.95. The van der Waals surface area contributed by atoms with E-state index in [0.717, 1.165) is 5.16 Å². The SMILES string of the molecule is Cn1ccnc1Sc1ncnc(N)c1Cl. The Morgan fingerprint density at radius 3 is 2.87 bits per heavy atom. The summed E-state index contributed by atoms with van der Waals surface area (Å²) in [4.78, 5) is 12.0. The van der Waals surface area contributed by atoms with Crippen molar-refractivity contribution in [3.8, 4) is 0 Å². The van der Waals surface area contributed by atoms with E-state index in [-0.39, 0.29) is 5.82 Å². The molecule has 0 spiro atoms. The number of hydrogen-bond acceptors (Lipinski definition) is 5. The van der Waals surface area contributed by atoms with Gasteiger partial charge in [-0.25, -0.2) is 15.0 Å². The van der Waals surface area contributed by atoms with Crippen molar-refractivity contribution >= 4 is 29.2 Å². The van der Waals surface area contributed by atoms with E-state index in [2.05, 4.69) is 15.0 Å². The van der Waals surface area contributed by atoms with Crippen molar-refractivity contribution in [2.75, 3.05) is 5.73 Å². The molecule has 2 aromatic heterocycles. The summed E-state index contributed by atoms with van der Waals surface area (Å²) in [5.41, 5.74) is 5.56. The average molecular weight is 242 g/mol. The number of aromatic nitrogens is 4. The predicted octanol–water partition coefficient (Wildman–Crippen LogP) is 1.60. The van der Waals surface area contributed by atoms with E-state index in [1.165, 1.54) is 18.1 Å². The number of nitrogens with two attached hydrogens (primary N) is 1. The Balaban J connectivity index is 2.33. The highest BCUT2D eigenvalue weighted by molar-refractivity contribution is 7.99. The van der Waals surface area contributed by atoms with Gasteiger partial charge in [-0.3, -0.25) is 0 Å². The van der Waals surface area contributed by atoms with Crippen LogP contribution in [0.2, 0.25) is 5.02 Å². The number of imidazole rings is 1. The normalized spacial score (nSPS) is 10.5. The Bertz CT molecular complexity index is 484. The monoisotopic (exact) mass is 241 g/mol. The molecule has 0 radical (unpaired) electrons. The third-order valence-corrected chi connectivity index (χ3v) is 3.31. The first-order valence-corrected chi connectivity index (χ1v) is 5.29. The molecule has 0 unspecified atom stereocenters. The van der Waals surface area contributed by atoms with Crippen LogP contribution in [0.3, 0.4) is 0 Å². The minimum absolute atomic E-state index is 0.281. The van der Waals surface area contributed by atoms with Crippen LogP contribution in [-0.2, 0) is 7.05 Å². The number of nitrogens with zero attached hydrogens (tertiary/aromatic N) is 4. The van der Waals surface area contributed by atoms with E-state index < -0.39 is 0 Å². The Morgan fingerprint density at radius 1 is 1.40 bits per heavy atom. The molecule has 2 heterocycles. The molecule has 7 heteroatoms. The van der Waals surface area contributed by atoms with Crippen molar-refractivity contribution in [1.29, 1.82) is 0 Å². The molecule has 0 saturated heterocycles. The van der Waals surface area contributed by atoms with Gasteiger partial charge < -0.3 is 10.3 Å². The van der Waals surface area contributed by atoms with Crippen LogP contribution < -0.4 is 5.73 Å². The predicted molar refractivity (Wildman–Crippen MR) is 58.8 cm³/mol. The second kappa shape index (κ2) is 4.08. The summed E-state index contributed by atoms with van der Waals surface area (Å²) in [6.07, 6.45) is 4.94. The van der Waals surface area contributed by atoms with E-state index >= 15 is 0 Å². The molecule has 5 nitrogen and oxygen atoms in total. The van der Waals surface area contributed by atoms with Gasteiger partial charge >= 0.3 is 0 Å². The molecule has 0 aromatic carbocycles. The van der Waals surface area contributed by atoms with Gasteiger partial charge in [-0.1, -0.05) is 11.6 Å². The second-order valence-electron chi connectivity index (χ2n) is 2.80. The van der Waals surface area contributed by atoms with E-state index in [1.807, 2.05) is 17.8 Å². The largest absolute Gasteiger partial charge is 0.382 e. The second-order valence-corrected chi connectivity index (χ2v) is 4.13. The highest BCUT2D eigenvalue weighted by atomic mass is 35.5. The summed E-state index contributed by atoms with van der Waals surface area (Å²) in [5, 5.41) is 1.78. The van der Waals surface area contributed by atoms with Crippen LogP contribution in [-0.4, -0.2) is 19.5 Å². The number of rotatable bonds is 2. The summed E-state index contributed by atoms with van der Waals surface area (Å²) in [6, 6.07) is 0. The minimum atomic E-state index is 0.281. The number of nitrogen functional groups attached to an aromatic ring is 1. The smallest absolute Gasteiger partial charge is 0.174 e. The Kier molecular flexibility index (Phi) is 2.79. The summed E-state index contributed by atoms with van der Waals surface area (Å²) in [5.74, 6) is 0.281. The molecule has 15 heavy (non-hydrogen) atoms. The molecule has 2 rings (SSSR count). The van der Waals surface area contributed by atoms with E-state index in [4.69, 9.17) is 17.3 Å². The lowest BCUT2D eigenvalue weighted by Crippen LogP contribution is -1.96. The van der Waals surface area contributed by atoms with Crippen LogP contribution in [0.4, 0.5) is 5.82 Å². The van der Waals surface area contributed by atoms with Crippen LogP contribution in [0.5, 0.6) is 0 Å². The van der Waals surface area contributed by atoms with Gasteiger partial charge in [0.1, 0.15) is 22.2 Å². The van der Waals surface area contributed by atoms with E-state index in [1.54, 1.807) is 6.20 Å².